The first-order valence-corrected chi connectivity index (χ1v) is 11.0. The van der Waals surface area contributed by atoms with Gasteiger partial charge in [0.05, 0.1) is 6.42 Å². The molecule has 1 aliphatic heterocycles. The van der Waals surface area contributed by atoms with Crippen molar-refractivity contribution in [3.05, 3.63) is 90.0 Å². The van der Waals surface area contributed by atoms with Crippen LogP contribution in [0.2, 0.25) is 0 Å². The molecule has 30 heavy (non-hydrogen) atoms. The van der Waals surface area contributed by atoms with Crippen molar-refractivity contribution < 1.29 is 13.6 Å². The molecule has 0 saturated carbocycles. The number of thioether (sulfide) groups is 1. The van der Waals surface area contributed by atoms with Crippen LogP contribution in [0.5, 0.6) is 0 Å². The number of piperidine rings is 1. The summed E-state index contributed by atoms with van der Waals surface area (Å²) in [4.78, 5) is 15.5. The molecular formula is C25H23F2NOS. The molecule has 5 heteroatoms. The highest BCUT2D eigenvalue weighted by atomic mass is 32.2. The number of nitrogens with zero attached hydrogens (tertiary/aromatic N) is 1. The van der Waals surface area contributed by atoms with Crippen LogP contribution in [0.15, 0.2) is 77.7 Å². The molecule has 0 unspecified atom stereocenters. The van der Waals surface area contributed by atoms with Gasteiger partial charge in [-0.25, -0.2) is 8.78 Å². The Morgan fingerprint density at radius 3 is 2.23 bits per heavy atom. The second-order valence-corrected chi connectivity index (χ2v) is 8.87. The van der Waals surface area contributed by atoms with E-state index >= 15 is 0 Å². The van der Waals surface area contributed by atoms with E-state index in [1.54, 1.807) is 4.90 Å². The van der Waals surface area contributed by atoms with E-state index in [0.29, 0.717) is 18.3 Å². The third-order valence-electron chi connectivity index (χ3n) is 5.42. The molecule has 1 heterocycles. The predicted molar refractivity (Wildman–Crippen MR) is 117 cm³/mol. The van der Waals surface area contributed by atoms with Crippen molar-refractivity contribution >= 4 is 17.7 Å². The Balaban J connectivity index is 1.28. The molecule has 0 atom stereocenters. The molecule has 0 radical (unpaired) electrons. The molecule has 0 N–H and O–H groups in total. The number of benzene rings is 3. The third-order valence-corrected chi connectivity index (χ3v) is 6.76. The second-order valence-electron chi connectivity index (χ2n) is 7.50. The number of likely N-dealkylation sites (tertiary alicyclic amines) is 1. The van der Waals surface area contributed by atoms with Gasteiger partial charge in [0.15, 0.2) is 0 Å². The standard InChI is InChI=1S/C25H23F2NOS/c26-21-9-6-20(24(27)17-21)16-25(29)28-14-12-23(13-15-28)30-22-10-7-19(8-11-22)18-4-2-1-3-5-18/h1-11,17,23H,12-16H2. The largest absolute Gasteiger partial charge is 0.342 e. The Kier molecular flexibility index (Phi) is 6.48. The van der Waals surface area contributed by atoms with E-state index in [4.69, 9.17) is 0 Å². The van der Waals surface area contributed by atoms with E-state index in [9.17, 15) is 13.6 Å². The van der Waals surface area contributed by atoms with Crippen molar-refractivity contribution in [1.82, 2.24) is 4.90 Å². The van der Waals surface area contributed by atoms with Gasteiger partial charge in [-0.05, 0) is 47.7 Å². The van der Waals surface area contributed by atoms with E-state index < -0.39 is 11.6 Å². The van der Waals surface area contributed by atoms with Crippen molar-refractivity contribution in [2.24, 2.45) is 0 Å². The number of carbonyl (C=O) groups is 1. The minimum Gasteiger partial charge on any atom is -0.342 e. The highest BCUT2D eigenvalue weighted by Crippen LogP contribution is 2.32. The summed E-state index contributed by atoms with van der Waals surface area (Å²) in [6, 6.07) is 22.3. The number of rotatable bonds is 5. The summed E-state index contributed by atoms with van der Waals surface area (Å²) in [5, 5.41) is 0.458. The monoisotopic (exact) mass is 423 g/mol. The molecule has 1 fully saturated rings. The molecule has 0 bridgehead atoms. The minimum atomic E-state index is -0.659. The van der Waals surface area contributed by atoms with Gasteiger partial charge in [0, 0.05) is 29.3 Å². The summed E-state index contributed by atoms with van der Waals surface area (Å²) in [5.74, 6) is -1.39. The molecule has 1 amide bonds. The SMILES string of the molecule is O=C(Cc1ccc(F)cc1F)N1CCC(Sc2ccc(-c3ccccc3)cc2)CC1. The lowest BCUT2D eigenvalue weighted by molar-refractivity contribution is -0.131. The molecule has 3 aromatic rings. The summed E-state index contributed by atoms with van der Waals surface area (Å²) in [5.41, 5.74) is 2.66. The molecule has 0 aliphatic carbocycles. The molecule has 1 aliphatic rings. The van der Waals surface area contributed by atoms with E-state index in [1.165, 1.54) is 28.2 Å². The van der Waals surface area contributed by atoms with Crippen molar-refractivity contribution in [1.29, 1.82) is 0 Å². The van der Waals surface area contributed by atoms with Gasteiger partial charge < -0.3 is 4.90 Å². The maximum absolute atomic E-state index is 13.8. The van der Waals surface area contributed by atoms with Crippen LogP contribution in [0.1, 0.15) is 18.4 Å². The van der Waals surface area contributed by atoms with Gasteiger partial charge in [0.2, 0.25) is 5.91 Å². The summed E-state index contributed by atoms with van der Waals surface area (Å²) in [7, 11) is 0. The molecule has 0 spiro atoms. The first-order valence-electron chi connectivity index (χ1n) is 10.1. The first-order chi connectivity index (χ1) is 14.6. The van der Waals surface area contributed by atoms with Crippen molar-refractivity contribution in [2.45, 2.75) is 29.4 Å². The van der Waals surface area contributed by atoms with Gasteiger partial charge >= 0.3 is 0 Å². The topological polar surface area (TPSA) is 20.3 Å². The zero-order chi connectivity index (χ0) is 20.9. The van der Waals surface area contributed by atoms with Crippen LogP contribution in [-0.4, -0.2) is 29.1 Å². The zero-order valence-electron chi connectivity index (χ0n) is 16.6. The molecule has 3 aromatic carbocycles. The van der Waals surface area contributed by atoms with Crippen molar-refractivity contribution in [2.75, 3.05) is 13.1 Å². The highest BCUT2D eigenvalue weighted by Gasteiger charge is 2.24. The van der Waals surface area contributed by atoms with Crippen LogP contribution in [0.25, 0.3) is 11.1 Å². The Bertz CT molecular complexity index is 999. The van der Waals surface area contributed by atoms with Crippen LogP contribution >= 0.6 is 11.8 Å². The Morgan fingerprint density at radius 2 is 1.57 bits per heavy atom. The van der Waals surface area contributed by atoms with Crippen LogP contribution in [0.4, 0.5) is 8.78 Å². The van der Waals surface area contributed by atoms with Gasteiger partial charge in [0.25, 0.3) is 0 Å². The predicted octanol–water partition coefficient (Wildman–Crippen LogP) is 5.96. The number of hydrogen-bond acceptors (Lipinski definition) is 2. The molecule has 0 aromatic heterocycles. The lowest BCUT2D eigenvalue weighted by Crippen LogP contribution is -2.40. The normalized spacial score (nSPS) is 14.7. The summed E-state index contributed by atoms with van der Waals surface area (Å²) < 4.78 is 26.8. The molecule has 4 rings (SSSR count). The highest BCUT2D eigenvalue weighted by molar-refractivity contribution is 8.00. The number of hydrogen-bond donors (Lipinski definition) is 0. The van der Waals surface area contributed by atoms with Gasteiger partial charge in [0.1, 0.15) is 11.6 Å². The second kappa shape index (κ2) is 9.43. The van der Waals surface area contributed by atoms with Gasteiger partial charge in [-0.3, -0.25) is 4.79 Å². The fourth-order valence-corrected chi connectivity index (χ4v) is 4.84. The fourth-order valence-electron chi connectivity index (χ4n) is 3.71. The van der Waals surface area contributed by atoms with E-state index in [1.807, 2.05) is 30.0 Å². The van der Waals surface area contributed by atoms with Gasteiger partial charge in [-0.1, -0.05) is 48.5 Å². The van der Waals surface area contributed by atoms with Crippen LogP contribution in [0.3, 0.4) is 0 Å². The maximum atomic E-state index is 13.8. The molecule has 1 saturated heterocycles. The number of amides is 1. The average molecular weight is 424 g/mol. The lowest BCUT2D eigenvalue weighted by Gasteiger charge is -2.32. The quantitative estimate of drug-likeness (QED) is 0.505. The smallest absolute Gasteiger partial charge is 0.227 e. The Labute approximate surface area is 179 Å². The third kappa shape index (κ3) is 5.08. The minimum absolute atomic E-state index is 0.0229. The summed E-state index contributed by atoms with van der Waals surface area (Å²) in [6.07, 6.45) is 1.79. The Hall–Kier alpha value is -2.66. The van der Waals surface area contributed by atoms with Gasteiger partial charge in [-0.2, -0.15) is 0 Å². The first kappa shape index (κ1) is 20.6. The molecule has 154 valence electrons. The molecular weight excluding hydrogens is 400 g/mol. The van der Waals surface area contributed by atoms with E-state index in [-0.39, 0.29) is 17.9 Å². The summed E-state index contributed by atoms with van der Waals surface area (Å²) in [6.45, 7) is 1.34. The summed E-state index contributed by atoms with van der Waals surface area (Å²) >= 11 is 1.85. The van der Waals surface area contributed by atoms with E-state index in [2.05, 4.69) is 36.4 Å². The van der Waals surface area contributed by atoms with Crippen LogP contribution in [-0.2, 0) is 11.2 Å². The van der Waals surface area contributed by atoms with Crippen molar-refractivity contribution in [3.8, 4) is 11.1 Å². The van der Waals surface area contributed by atoms with Gasteiger partial charge in [-0.15, -0.1) is 11.8 Å². The molecule has 2 nitrogen and oxygen atoms in total. The maximum Gasteiger partial charge on any atom is 0.227 e. The Morgan fingerprint density at radius 1 is 0.900 bits per heavy atom. The number of halogens is 2. The average Bonchev–Trinajstić information content (AvgIpc) is 2.77. The zero-order valence-corrected chi connectivity index (χ0v) is 17.4. The van der Waals surface area contributed by atoms with E-state index in [0.717, 1.165) is 18.9 Å². The fraction of sp³-hybridized carbons (Fsp3) is 0.240. The lowest BCUT2D eigenvalue weighted by atomic mass is 10.1. The van der Waals surface area contributed by atoms with Crippen molar-refractivity contribution in [3.63, 3.8) is 0 Å². The van der Waals surface area contributed by atoms with Crippen LogP contribution < -0.4 is 0 Å². The van der Waals surface area contributed by atoms with Crippen LogP contribution in [0, 0.1) is 11.6 Å². The number of carbonyl (C=O) groups excluding carboxylic acids is 1.